The van der Waals surface area contributed by atoms with Gasteiger partial charge in [0, 0.05) is 27.9 Å². The molecule has 11 heteroatoms. The summed E-state index contributed by atoms with van der Waals surface area (Å²) in [6.45, 7) is 4.79. The Balaban J connectivity index is 2.67. The molecule has 0 saturated heterocycles. The van der Waals surface area contributed by atoms with Crippen molar-refractivity contribution in [3.63, 3.8) is 0 Å². The number of carboxylic acid groups (broad SMARTS) is 1. The third-order valence-electron chi connectivity index (χ3n) is 3.96. The smallest absolute Gasteiger partial charge is 0.408 e. The van der Waals surface area contributed by atoms with Gasteiger partial charge in [-0.15, -0.1) is 0 Å². The van der Waals surface area contributed by atoms with Gasteiger partial charge >= 0.3 is 18.2 Å². The van der Waals surface area contributed by atoms with Gasteiger partial charge in [0.2, 0.25) is 0 Å². The van der Waals surface area contributed by atoms with Gasteiger partial charge in [-0.05, 0) is 39.7 Å². The Kier molecular flexibility index (Phi) is 9.13. The monoisotopic (exact) mass is 453 g/mol. The first-order valence-electron chi connectivity index (χ1n) is 9.12. The maximum absolute atomic E-state index is 13.4. The van der Waals surface area contributed by atoms with Gasteiger partial charge in [0.25, 0.3) is 0 Å². The number of alkyl carbamates (subject to hydrolysis) is 1. The Morgan fingerprint density at radius 3 is 2.20 bits per heavy atom. The number of carbonyl (C=O) groups is 2. The normalized spacial score (nSPS) is 15.1. The van der Waals surface area contributed by atoms with Crippen LogP contribution in [0.4, 0.5) is 18.0 Å². The van der Waals surface area contributed by atoms with Gasteiger partial charge in [0.05, 0.1) is 5.92 Å². The van der Waals surface area contributed by atoms with Crippen molar-refractivity contribution < 1.29 is 41.9 Å². The first-order valence-corrected chi connectivity index (χ1v) is 10.6. The predicted octanol–water partition coefficient (Wildman–Crippen LogP) is 3.54. The molecule has 0 heterocycles. The lowest BCUT2D eigenvalue weighted by atomic mass is 9.95. The summed E-state index contributed by atoms with van der Waals surface area (Å²) in [5.74, 6) is -4.45. The predicted molar refractivity (Wildman–Crippen MR) is 105 cm³/mol. The van der Waals surface area contributed by atoms with Crippen molar-refractivity contribution >= 4 is 22.9 Å². The van der Waals surface area contributed by atoms with Gasteiger partial charge in [-0.2, -0.15) is 13.2 Å². The third kappa shape index (κ3) is 9.02. The van der Waals surface area contributed by atoms with Gasteiger partial charge in [-0.3, -0.25) is 4.21 Å². The number of phenols is 1. The molecule has 3 unspecified atom stereocenters. The molecule has 0 aliphatic heterocycles. The van der Waals surface area contributed by atoms with Crippen molar-refractivity contribution in [2.24, 2.45) is 0 Å². The van der Waals surface area contributed by atoms with Crippen molar-refractivity contribution in [3.8, 4) is 5.75 Å². The SMILES string of the molecule is CC(C)(C)OC(=O)NC(CCS(=O)CCC(c1ccccc1O)C(F)(F)F)C(=O)O. The molecule has 0 bridgehead atoms. The molecule has 1 rings (SSSR count). The van der Waals surface area contributed by atoms with E-state index in [9.17, 15) is 37.2 Å². The van der Waals surface area contributed by atoms with E-state index in [1.807, 2.05) is 0 Å². The van der Waals surface area contributed by atoms with Gasteiger partial charge in [-0.25, -0.2) is 9.59 Å². The van der Waals surface area contributed by atoms with Crippen LogP contribution in [0, 0.1) is 0 Å². The maximum atomic E-state index is 13.4. The van der Waals surface area contributed by atoms with Crippen LogP contribution in [0.25, 0.3) is 0 Å². The molecule has 1 aromatic carbocycles. The molecular formula is C19H26F3NO6S. The lowest BCUT2D eigenvalue weighted by molar-refractivity contribution is -0.151. The average Bonchev–Trinajstić information content (AvgIpc) is 2.57. The standard InChI is InChI=1S/C19H26F3NO6S/c1-18(2,3)29-17(27)23-14(16(25)26)9-11-30(28)10-8-13(19(20,21)22)12-6-4-5-7-15(12)24/h4-7,13-14,24H,8-11H2,1-3H3,(H,23,27)(H,25,26). The molecular weight excluding hydrogens is 427 g/mol. The molecule has 3 N–H and O–H groups in total. The van der Waals surface area contributed by atoms with Crippen LogP contribution in [0.1, 0.15) is 45.1 Å². The second kappa shape index (κ2) is 10.6. The quantitative estimate of drug-likeness (QED) is 0.527. The van der Waals surface area contributed by atoms with Crippen LogP contribution < -0.4 is 5.32 Å². The van der Waals surface area contributed by atoms with Crippen molar-refractivity contribution in [1.82, 2.24) is 5.32 Å². The molecule has 0 aliphatic rings. The molecule has 3 atom stereocenters. The number of benzene rings is 1. The molecule has 7 nitrogen and oxygen atoms in total. The molecule has 0 aliphatic carbocycles. The summed E-state index contributed by atoms with van der Waals surface area (Å²) in [5.41, 5.74) is -1.15. The van der Waals surface area contributed by atoms with Gasteiger partial charge in [-0.1, -0.05) is 18.2 Å². The summed E-state index contributed by atoms with van der Waals surface area (Å²) in [7, 11) is -1.76. The molecule has 1 aromatic rings. The molecule has 0 fully saturated rings. The van der Waals surface area contributed by atoms with E-state index in [4.69, 9.17) is 4.74 Å². The largest absolute Gasteiger partial charge is 0.508 e. The van der Waals surface area contributed by atoms with E-state index in [1.54, 1.807) is 20.8 Å². The highest BCUT2D eigenvalue weighted by Gasteiger charge is 2.41. The number of halogens is 3. The summed E-state index contributed by atoms with van der Waals surface area (Å²) >= 11 is 0. The fraction of sp³-hybridized carbons (Fsp3) is 0.579. The number of aliphatic carboxylic acids is 1. The highest BCUT2D eigenvalue weighted by atomic mass is 32.2. The minimum Gasteiger partial charge on any atom is -0.508 e. The van der Waals surface area contributed by atoms with Crippen molar-refractivity contribution in [2.45, 2.75) is 57.3 Å². The molecule has 0 saturated carbocycles. The lowest BCUT2D eigenvalue weighted by Gasteiger charge is -2.22. The average molecular weight is 453 g/mol. The Bertz CT molecular complexity index is 763. The maximum Gasteiger partial charge on any atom is 0.408 e. The Labute approximate surface area is 175 Å². The van der Waals surface area contributed by atoms with Crippen LogP contribution in [-0.4, -0.2) is 55.8 Å². The summed E-state index contributed by atoms with van der Waals surface area (Å²) in [5, 5.41) is 21.1. The summed E-state index contributed by atoms with van der Waals surface area (Å²) in [6.07, 6.45) is -6.39. The van der Waals surface area contributed by atoms with Crippen molar-refractivity contribution in [2.75, 3.05) is 11.5 Å². The van der Waals surface area contributed by atoms with Gasteiger partial charge in [0.15, 0.2) is 0 Å². The number of para-hydroxylation sites is 1. The zero-order valence-corrected chi connectivity index (χ0v) is 17.7. The number of carboxylic acids is 1. The minimum atomic E-state index is -4.65. The van der Waals surface area contributed by atoms with Crippen molar-refractivity contribution in [1.29, 1.82) is 0 Å². The lowest BCUT2D eigenvalue weighted by Crippen LogP contribution is -2.44. The van der Waals surface area contributed by atoms with Crippen molar-refractivity contribution in [3.05, 3.63) is 29.8 Å². The fourth-order valence-electron chi connectivity index (χ4n) is 2.59. The second-order valence-corrected chi connectivity index (χ2v) is 9.31. The first kappa shape index (κ1) is 25.7. The number of nitrogens with one attached hydrogen (secondary N) is 1. The topological polar surface area (TPSA) is 113 Å². The summed E-state index contributed by atoms with van der Waals surface area (Å²) in [4.78, 5) is 23.0. The Morgan fingerprint density at radius 2 is 1.70 bits per heavy atom. The van der Waals surface area contributed by atoms with E-state index in [0.29, 0.717) is 0 Å². The zero-order chi connectivity index (χ0) is 23.1. The summed E-state index contributed by atoms with van der Waals surface area (Å²) in [6, 6.07) is 3.67. The zero-order valence-electron chi connectivity index (χ0n) is 16.9. The number of alkyl halides is 3. The van der Waals surface area contributed by atoms with E-state index in [2.05, 4.69) is 5.32 Å². The van der Waals surface area contributed by atoms with Gasteiger partial charge < -0.3 is 20.3 Å². The minimum absolute atomic E-state index is 0.224. The van der Waals surface area contributed by atoms with E-state index >= 15 is 0 Å². The van der Waals surface area contributed by atoms with E-state index < -0.39 is 58.8 Å². The molecule has 0 radical (unpaired) electrons. The second-order valence-electron chi connectivity index (χ2n) is 7.62. The van der Waals surface area contributed by atoms with E-state index in [-0.39, 0.29) is 23.5 Å². The van der Waals surface area contributed by atoms with Crippen LogP contribution in [-0.2, 0) is 20.3 Å². The molecule has 170 valence electrons. The highest BCUT2D eigenvalue weighted by molar-refractivity contribution is 7.84. The number of rotatable bonds is 9. The van der Waals surface area contributed by atoms with Crippen LogP contribution in [0.2, 0.25) is 0 Å². The number of phenolic OH excluding ortho intramolecular Hbond substituents is 1. The molecule has 0 aromatic heterocycles. The van der Waals surface area contributed by atoms with E-state index in [1.165, 1.54) is 12.1 Å². The number of hydrogen-bond acceptors (Lipinski definition) is 5. The number of amides is 1. The fourth-order valence-corrected chi connectivity index (χ4v) is 3.79. The van der Waals surface area contributed by atoms with Crippen LogP contribution in [0.15, 0.2) is 24.3 Å². The first-order chi connectivity index (χ1) is 13.7. The van der Waals surface area contributed by atoms with Crippen LogP contribution in [0.5, 0.6) is 5.75 Å². The number of hydrogen-bond donors (Lipinski definition) is 3. The number of aromatic hydroxyl groups is 1. The molecule has 30 heavy (non-hydrogen) atoms. The van der Waals surface area contributed by atoms with Gasteiger partial charge in [0.1, 0.15) is 17.4 Å². The molecule has 1 amide bonds. The summed E-state index contributed by atoms with van der Waals surface area (Å²) < 4.78 is 57.3. The highest BCUT2D eigenvalue weighted by Crippen LogP contribution is 2.40. The third-order valence-corrected chi connectivity index (χ3v) is 5.35. The number of ether oxygens (including phenoxy) is 1. The Morgan fingerprint density at radius 1 is 1.13 bits per heavy atom. The Hall–Kier alpha value is -2.30. The van der Waals surface area contributed by atoms with Crippen LogP contribution >= 0.6 is 0 Å². The number of carbonyl (C=O) groups excluding carboxylic acids is 1. The molecule has 0 spiro atoms. The van der Waals surface area contributed by atoms with Crippen LogP contribution in [0.3, 0.4) is 0 Å². The van der Waals surface area contributed by atoms with E-state index in [0.717, 1.165) is 12.1 Å².